The number of hydrogen-bond donors (Lipinski definition) is 0. The highest BCUT2D eigenvalue weighted by Crippen LogP contribution is 2.22. The molecule has 0 atom stereocenters. The Balaban J connectivity index is 0.00000169. The van der Waals surface area contributed by atoms with E-state index in [-0.39, 0.29) is 12.4 Å². The SMILES string of the molecule is Cl.O=C(c1cncc(Br)c1)C(F)(F)F. The molecular formula is C7H4BrClF3NO. The molecule has 1 heterocycles. The lowest BCUT2D eigenvalue weighted by atomic mass is 10.2. The van der Waals surface area contributed by atoms with Crippen LogP contribution in [-0.2, 0) is 0 Å². The van der Waals surface area contributed by atoms with Crippen molar-refractivity contribution in [3.05, 3.63) is 28.5 Å². The van der Waals surface area contributed by atoms with Gasteiger partial charge in [-0.25, -0.2) is 0 Å². The highest BCUT2D eigenvalue weighted by molar-refractivity contribution is 9.10. The lowest BCUT2D eigenvalue weighted by Gasteiger charge is -2.03. The summed E-state index contributed by atoms with van der Waals surface area (Å²) in [6.07, 6.45) is -2.67. The van der Waals surface area contributed by atoms with Crippen molar-refractivity contribution in [2.75, 3.05) is 0 Å². The molecular weight excluding hydrogens is 286 g/mol. The number of alkyl halides is 3. The predicted octanol–water partition coefficient (Wildman–Crippen LogP) is 3.01. The number of aromatic nitrogens is 1. The highest BCUT2D eigenvalue weighted by Gasteiger charge is 2.39. The fraction of sp³-hybridized carbons (Fsp3) is 0.143. The van der Waals surface area contributed by atoms with Gasteiger partial charge in [0.15, 0.2) is 0 Å². The molecule has 0 amide bonds. The number of nitrogens with zero attached hydrogens (tertiary/aromatic N) is 1. The maximum absolute atomic E-state index is 11.9. The van der Waals surface area contributed by atoms with E-state index in [2.05, 4.69) is 20.9 Å². The van der Waals surface area contributed by atoms with Crippen LogP contribution in [0.15, 0.2) is 22.9 Å². The summed E-state index contributed by atoms with van der Waals surface area (Å²) in [6.45, 7) is 0. The molecule has 0 saturated carbocycles. The quantitative estimate of drug-likeness (QED) is 0.744. The van der Waals surface area contributed by atoms with Crippen LogP contribution >= 0.6 is 28.3 Å². The number of carbonyl (C=O) groups is 1. The van der Waals surface area contributed by atoms with Crippen molar-refractivity contribution in [3.63, 3.8) is 0 Å². The van der Waals surface area contributed by atoms with Crippen molar-refractivity contribution in [2.24, 2.45) is 0 Å². The van der Waals surface area contributed by atoms with Crippen LogP contribution in [0.3, 0.4) is 0 Å². The Kier molecular flexibility index (Phi) is 4.54. The number of halogens is 5. The second kappa shape index (κ2) is 4.75. The summed E-state index contributed by atoms with van der Waals surface area (Å²) in [6, 6.07) is 1.07. The van der Waals surface area contributed by atoms with Crippen LogP contribution in [0.5, 0.6) is 0 Å². The van der Waals surface area contributed by atoms with E-state index >= 15 is 0 Å². The largest absolute Gasteiger partial charge is 0.454 e. The van der Waals surface area contributed by atoms with Gasteiger partial charge < -0.3 is 0 Å². The summed E-state index contributed by atoms with van der Waals surface area (Å²) in [7, 11) is 0. The van der Waals surface area contributed by atoms with Crippen LogP contribution in [0.4, 0.5) is 13.2 Å². The molecule has 0 unspecified atom stereocenters. The third kappa shape index (κ3) is 3.26. The lowest BCUT2D eigenvalue weighted by molar-refractivity contribution is -0.0885. The molecule has 0 aliphatic heterocycles. The van der Waals surface area contributed by atoms with Gasteiger partial charge in [-0.15, -0.1) is 12.4 Å². The van der Waals surface area contributed by atoms with Gasteiger partial charge in [-0.05, 0) is 22.0 Å². The zero-order valence-corrected chi connectivity index (χ0v) is 8.91. The molecule has 1 aromatic heterocycles. The van der Waals surface area contributed by atoms with E-state index < -0.39 is 17.5 Å². The second-order valence-electron chi connectivity index (χ2n) is 2.22. The van der Waals surface area contributed by atoms with Gasteiger partial charge in [-0.3, -0.25) is 9.78 Å². The van der Waals surface area contributed by atoms with Crippen LogP contribution in [0.2, 0.25) is 0 Å². The van der Waals surface area contributed by atoms with E-state index in [4.69, 9.17) is 0 Å². The smallest absolute Gasteiger partial charge is 0.284 e. The van der Waals surface area contributed by atoms with E-state index in [9.17, 15) is 18.0 Å². The molecule has 1 rings (SSSR count). The first-order valence-corrected chi connectivity index (χ1v) is 3.92. The molecule has 78 valence electrons. The lowest BCUT2D eigenvalue weighted by Crippen LogP contribution is -2.22. The average molecular weight is 290 g/mol. The Morgan fingerprint density at radius 2 is 1.93 bits per heavy atom. The average Bonchev–Trinajstić information content (AvgIpc) is 2.01. The summed E-state index contributed by atoms with van der Waals surface area (Å²) in [5.74, 6) is -1.89. The maximum Gasteiger partial charge on any atom is 0.454 e. The van der Waals surface area contributed by atoms with Gasteiger partial charge in [0.25, 0.3) is 5.78 Å². The van der Waals surface area contributed by atoms with E-state index in [1.165, 1.54) is 6.20 Å². The third-order valence-corrected chi connectivity index (χ3v) is 1.66. The Labute approximate surface area is 92.1 Å². The monoisotopic (exact) mass is 289 g/mol. The van der Waals surface area contributed by atoms with Crippen molar-refractivity contribution < 1.29 is 18.0 Å². The third-order valence-electron chi connectivity index (χ3n) is 1.22. The maximum atomic E-state index is 11.9. The van der Waals surface area contributed by atoms with Crippen molar-refractivity contribution in [2.45, 2.75) is 6.18 Å². The fourth-order valence-corrected chi connectivity index (χ4v) is 1.06. The molecule has 0 aromatic carbocycles. The van der Waals surface area contributed by atoms with Crippen molar-refractivity contribution >= 4 is 34.1 Å². The normalized spacial score (nSPS) is 10.6. The van der Waals surface area contributed by atoms with Gasteiger partial charge in [-0.2, -0.15) is 13.2 Å². The first kappa shape index (κ1) is 13.4. The Morgan fingerprint density at radius 1 is 1.36 bits per heavy atom. The number of pyridine rings is 1. The van der Waals surface area contributed by atoms with E-state index in [0.717, 1.165) is 12.3 Å². The van der Waals surface area contributed by atoms with Gasteiger partial charge in [0.2, 0.25) is 0 Å². The molecule has 7 heteroatoms. The summed E-state index contributed by atoms with van der Waals surface area (Å²) in [4.78, 5) is 14.1. The number of carbonyl (C=O) groups excluding carboxylic acids is 1. The van der Waals surface area contributed by atoms with Crippen LogP contribution in [-0.4, -0.2) is 16.9 Å². The summed E-state index contributed by atoms with van der Waals surface area (Å²) in [5, 5.41) is 0. The fourth-order valence-electron chi connectivity index (χ4n) is 0.700. The standard InChI is InChI=1S/C7H3BrF3NO.ClH/c8-5-1-4(2-12-3-5)6(13)7(9,10)11;/h1-3H;1H. The molecule has 2 nitrogen and oxygen atoms in total. The molecule has 0 radical (unpaired) electrons. The first-order chi connectivity index (χ1) is 5.91. The number of hydrogen-bond acceptors (Lipinski definition) is 2. The van der Waals surface area contributed by atoms with Gasteiger partial charge in [0, 0.05) is 22.4 Å². The molecule has 0 spiro atoms. The molecule has 0 N–H and O–H groups in total. The summed E-state index contributed by atoms with van der Waals surface area (Å²) >= 11 is 2.92. The zero-order valence-electron chi connectivity index (χ0n) is 6.51. The van der Waals surface area contributed by atoms with Crippen LogP contribution in [0.25, 0.3) is 0 Å². The predicted molar refractivity (Wildman–Crippen MR) is 49.6 cm³/mol. The molecule has 14 heavy (non-hydrogen) atoms. The van der Waals surface area contributed by atoms with E-state index in [1.54, 1.807) is 0 Å². The highest BCUT2D eigenvalue weighted by atomic mass is 79.9. The van der Waals surface area contributed by atoms with E-state index in [1.807, 2.05) is 0 Å². The Morgan fingerprint density at radius 3 is 2.36 bits per heavy atom. The van der Waals surface area contributed by atoms with Crippen LogP contribution < -0.4 is 0 Å². The van der Waals surface area contributed by atoms with Gasteiger partial charge in [0.1, 0.15) is 0 Å². The van der Waals surface area contributed by atoms with Crippen molar-refractivity contribution in [1.29, 1.82) is 0 Å². The molecule has 0 fully saturated rings. The molecule has 0 aliphatic carbocycles. The summed E-state index contributed by atoms with van der Waals surface area (Å²) in [5.41, 5.74) is -0.470. The molecule has 0 aliphatic rings. The van der Waals surface area contributed by atoms with Crippen molar-refractivity contribution in [1.82, 2.24) is 4.98 Å². The summed E-state index contributed by atoms with van der Waals surface area (Å²) < 4.78 is 36.0. The minimum atomic E-state index is -4.84. The molecule has 0 saturated heterocycles. The number of rotatable bonds is 1. The van der Waals surface area contributed by atoms with Gasteiger partial charge in [-0.1, -0.05) is 0 Å². The zero-order chi connectivity index (χ0) is 10.1. The first-order valence-electron chi connectivity index (χ1n) is 3.13. The topological polar surface area (TPSA) is 30.0 Å². The Bertz CT molecular complexity index is 342. The van der Waals surface area contributed by atoms with Gasteiger partial charge >= 0.3 is 6.18 Å². The van der Waals surface area contributed by atoms with Crippen LogP contribution in [0.1, 0.15) is 10.4 Å². The molecule has 0 bridgehead atoms. The second-order valence-corrected chi connectivity index (χ2v) is 3.13. The van der Waals surface area contributed by atoms with E-state index in [0.29, 0.717) is 4.47 Å². The minimum Gasteiger partial charge on any atom is -0.284 e. The molecule has 1 aromatic rings. The Hall–Kier alpha value is -0.620. The van der Waals surface area contributed by atoms with Gasteiger partial charge in [0.05, 0.1) is 0 Å². The van der Waals surface area contributed by atoms with Crippen molar-refractivity contribution in [3.8, 4) is 0 Å². The van der Waals surface area contributed by atoms with Crippen LogP contribution in [0, 0.1) is 0 Å². The minimum absolute atomic E-state index is 0. The number of Topliss-reactive ketones (excluding diaryl/α,β-unsaturated/α-hetero) is 1. The number of ketones is 1.